The molecule has 0 spiro atoms. The van der Waals surface area contributed by atoms with Gasteiger partial charge in [0.15, 0.2) is 0 Å². The van der Waals surface area contributed by atoms with E-state index in [9.17, 15) is 31.1 Å². The van der Waals surface area contributed by atoms with Crippen molar-refractivity contribution in [3.8, 4) is 0 Å². The number of rotatable bonds is 4. The smallest absolute Gasteiger partial charge is 0.418 e. The van der Waals surface area contributed by atoms with Gasteiger partial charge in [-0.2, -0.15) is 26.3 Å². The van der Waals surface area contributed by atoms with Crippen LogP contribution in [-0.4, -0.2) is 28.4 Å². The number of nitrogens with zero attached hydrogens (tertiary/aromatic N) is 1. The molecule has 19 heavy (non-hydrogen) atoms. The molecule has 0 bridgehead atoms. The number of hydrogen-bond acceptors (Lipinski definition) is 2. The Morgan fingerprint density at radius 2 is 1.79 bits per heavy atom. The van der Waals surface area contributed by atoms with E-state index >= 15 is 0 Å². The summed E-state index contributed by atoms with van der Waals surface area (Å²) in [6, 6.07) is 0. The highest BCUT2D eigenvalue weighted by molar-refractivity contribution is 5.89. The lowest BCUT2D eigenvalue weighted by Gasteiger charge is -2.08. The third kappa shape index (κ3) is 4.47. The van der Waals surface area contributed by atoms with Crippen LogP contribution < -0.4 is 0 Å². The van der Waals surface area contributed by atoms with E-state index < -0.39 is 42.8 Å². The van der Waals surface area contributed by atoms with Crippen molar-refractivity contribution in [2.24, 2.45) is 0 Å². The second-order valence-electron chi connectivity index (χ2n) is 3.50. The van der Waals surface area contributed by atoms with Crippen LogP contribution in [0.2, 0.25) is 0 Å². The SMILES string of the molecule is O=C(O)c1cn(COCC(F)(F)F)cc1C(F)(F)F. The average Bonchev–Trinajstić information content (AvgIpc) is 2.59. The van der Waals surface area contributed by atoms with Crippen molar-refractivity contribution in [3.05, 3.63) is 23.5 Å². The number of ether oxygens (including phenoxy) is 1. The van der Waals surface area contributed by atoms with E-state index in [0.29, 0.717) is 17.0 Å². The van der Waals surface area contributed by atoms with Crippen LogP contribution in [0.5, 0.6) is 0 Å². The first-order valence-electron chi connectivity index (χ1n) is 4.65. The summed E-state index contributed by atoms with van der Waals surface area (Å²) in [5.41, 5.74) is -2.50. The van der Waals surface area contributed by atoms with Crippen molar-refractivity contribution < 1.29 is 41.0 Å². The molecule has 4 nitrogen and oxygen atoms in total. The lowest BCUT2D eigenvalue weighted by Crippen LogP contribution is -2.18. The van der Waals surface area contributed by atoms with E-state index in [1.165, 1.54) is 0 Å². The molecular weight excluding hydrogens is 284 g/mol. The minimum absolute atomic E-state index is 0.375. The average molecular weight is 291 g/mol. The van der Waals surface area contributed by atoms with Gasteiger partial charge in [0.2, 0.25) is 0 Å². The summed E-state index contributed by atoms with van der Waals surface area (Å²) in [6.07, 6.45) is -8.60. The molecule has 108 valence electrons. The summed E-state index contributed by atoms with van der Waals surface area (Å²) >= 11 is 0. The summed E-state index contributed by atoms with van der Waals surface area (Å²) in [5.74, 6) is -1.83. The molecule has 0 aromatic carbocycles. The Morgan fingerprint density at radius 3 is 2.16 bits per heavy atom. The van der Waals surface area contributed by atoms with Gasteiger partial charge in [-0.25, -0.2) is 4.79 Å². The summed E-state index contributed by atoms with van der Waals surface area (Å²) in [6.45, 7) is -2.48. The van der Waals surface area contributed by atoms with Crippen molar-refractivity contribution in [1.29, 1.82) is 0 Å². The quantitative estimate of drug-likeness (QED) is 0.868. The molecule has 1 rings (SSSR count). The molecule has 0 saturated carbocycles. The van der Waals surface area contributed by atoms with Crippen LogP contribution in [0.4, 0.5) is 26.3 Å². The lowest BCUT2D eigenvalue weighted by molar-refractivity contribution is -0.182. The van der Waals surface area contributed by atoms with E-state index in [1.807, 2.05) is 0 Å². The van der Waals surface area contributed by atoms with Gasteiger partial charge < -0.3 is 14.4 Å². The molecule has 1 aromatic rings. The lowest BCUT2D eigenvalue weighted by atomic mass is 10.2. The van der Waals surface area contributed by atoms with E-state index in [1.54, 1.807) is 0 Å². The second kappa shape index (κ2) is 5.11. The number of carboxylic acids is 1. The summed E-state index contributed by atoms with van der Waals surface area (Å²) < 4.78 is 77.3. The Hall–Kier alpha value is -1.71. The molecule has 0 saturated heterocycles. The molecule has 1 N–H and O–H groups in total. The molecule has 0 aliphatic heterocycles. The largest absolute Gasteiger partial charge is 0.478 e. The zero-order valence-electron chi connectivity index (χ0n) is 9.05. The number of halogens is 6. The van der Waals surface area contributed by atoms with Gasteiger partial charge in [0.1, 0.15) is 13.3 Å². The van der Waals surface area contributed by atoms with Crippen molar-refractivity contribution in [2.75, 3.05) is 6.61 Å². The summed E-state index contributed by atoms with van der Waals surface area (Å²) in [4.78, 5) is 10.6. The van der Waals surface area contributed by atoms with Gasteiger partial charge in [0.25, 0.3) is 0 Å². The van der Waals surface area contributed by atoms with Crippen molar-refractivity contribution in [2.45, 2.75) is 19.1 Å². The van der Waals surface area contributed by atoms with Crippen molar-refractivity contribution >= 4 is 5.97 Å². The zero-order valence-corrected chi connectivity index (χ0v) is 9.05. The van der Waals surface area contributed by atoms with Gasteiger partial charge in [-0.15, -0.1) is 0 Å². The second-order valence-corrected chi connectivity index (χ2v) is 3.50. The highest BCUT2D eigenvalue weighted by atomic mass is 19.4. The predicted octanol–water partition coefficient (Wildman–Crippen LogP) is 2.74. The minimum Gasteiger partial charge on any atom is -0.478 e. The van der Waals surface area contributed by atoms with E-state index in [2.05, 4.69) is 4.74 Å². The first kappa shape index (κ1) is 15.3. The first-order valence-corrected chi connectivity index (χ1v) is 4.65. The highest BCUT2D eigenvalue weighted by Crippen LogP contribution is 2.32. The first-order chi connectivity index (χ1) is 8.50. The molecule has 0 atom stereocenters. The third-order valence-corrected chi connectivity index (χ3v) is 1.92. The highest BCUT2D eigenvalue weighted by Gasteiger charge is 2.37. The van der Waals surface area contributed by atoms with Gasteiger partial charge >= 0.3 is 18.3 Å². The molecule has 1 heterocycles. The number of alkyl halides is 6. The maximum Gasteiger partial charge on any atom is 0.418 e. The minimum atomic E-state index is -4.91. The monoisotopic (exact) mass is 291 g/mol. The normalized spacial score (nSPS) is 12.7. The Morgan fingerprint density at radius 1 is 1.21 bits per heavy atom. The molecule has 0 aliphatic rings. The Labute approximate surface area is 102 Å². The van der Waals surface area contributed by atoms with Crippen LogP contribution >= 0.6 is 0 Å². The fourth-order valence-corrected chi connectivity index (χ4v) is 1.25. The van der Waals surface area contributed by atoms with Crippen LogP contribution in [0.25, 0.3) is 0 Å². The van der Waals surface area contributed by atoms with Crippen LogP contribution in [-0.2, 0) is 17.6 Å². The van der Waals surface area contributed by atoms with Gasteiger partial charge in [0, 0.05) is 12.4 Å². The fourth-order valence-electron chi connectivity index (χ4n) is 1.25. The van der Waals surface area contributed by atoms with Gasteiger partial charge in [-0.1, -0.05) is 0 Å². The number of hydrogen-bond donors (Lipinski definition) is 1. The molecular formula is C9H7F6NO3. The van der Waals surface area contributed by atoms with E-state index in [-0.39, 0.29) is 0 Å². The Balaban J connectivity index is 2.85. The van der Waals surface area contributed by atoms with E-state index in [0.717, 1.165) is 0 Å². The molecule has 0 unspecified atom stereocenters. The maximum atomic E-state index is 12.4. The van der Waals surface area contributed by atoms with Gasteiger partial charge in [-0.05, 0) is 0 Å². The number of carbonyl (C=O) groups is 1. The van der Waals surface area contributed by atoms with Gasteiger partial charge in [-0.3, -0.25) is 0 Å². The van der Waals surface area contributed by atoms with Crippen LogP contribution in [0.15, 0.2) is 12.4 Å². The standard InChI is InChI=1S/C9H7F6NO3/c10-8(11,12)3-19-4-16-1-5(7(17)18)6(2-16)9(13,14)15/h1-2H,3-4H2,(H,17,18). The Bertz CT molecular complexity index is 462. The molecule has 10 heteroatoms. The zero-order chi connectivity index (χ0) is 14.8. The topological polar surface area (TPSA) is 51.5 Å². The number of carboxylic acid groups (broad SMARTS) is 1. The van der Waals surface area contributed by atoms with E-state index in [4.69, 9.17) is 5.11 Å². The summed E-state index contributed by atoms with van der Waals surface area (Å²) in [5, 5.41) is 8.56. The van der Waals surface area contributed by atoms with Crippen LogP contribution in [0.3, 0.4) is 0 Å². The van der Waals surface area contributed by atoms with Crippen molar-refractivity contribution in [1.82, 2.24) is 4.57 Å². The number of aromatic carboxylic acids is 1. The van der Waals surface area contributed by atoms with Crippen molar-refractivity contribution in [3.63, 3.8) is 0 Å². The molecule has 1 aromatic heterocycles. The fraction of sp³-hybridized carbons (Fsp3) is 0.444. The number of aromatic nitrogens is 1. The molecule has 0 fully saturated rings. The molecule has 0 aliphatic carbocycles. The summed E-state index contributed by atoms with van der Waals surface area (Å²) in [7, 11) is 0. The van der Waals surface area contributed by atoms with Crippen LogP contribution in [0.1, 0.15) is 15.9 Å². The molecule has 0 amide bonds. The van der Waals surface area contributed by atoms with Gasteiger partial charge in [0.05, 0.1) is 11.1 Å². The molecule has 0 radical (unpaired) electrons. The maximum absolute atomic E-state index is 12.4. The van der Waals surface area contributed by atoms with Crippen LogP contribution in [0, 0.1) is 0 Å². The third-order valence-electron chi connectivity index (χ3n) is 1.92. The predicted molar refractivity (Wildman–Crippen MR) is 48.4 cm³/mol. The Kier molecular flexibility index (Phi) is 4.13.